The lowest BCUT2D eigenvalue weighted by Crippen LogP contribution is -2.27. The fraction of sp³-hybridized carbons (Fsp3) is 0.778. The SMILES string of the molecule is CC(C)(C)n1cc(CNCCS(N)(=O)=O)nn1. The zero-order valence-electron chi connectivity index (χ0n) is 10.3. The molecule has 0 spiro atoms. The van der Waals surface area contributed by atoms with Gasteiger partial charge < -0.3 is 5.32 Å². The van der Waals surface area contributed by atoms with Crippen molar-refractivity contribution in [3.63, 3.8) is 0 Å². The summed E-state index contributed by atoms with van der Waals surface area (Å²) < 4.78 is 23.1. The first kappa shape index (κ1) is 14.1. The summed E-state index contributed by atoms with van der Waals surface area (Å²) in [5, 5.41) is 15.8. The molecule has 0 aliphatic rings. The average molecular weight is 261 g/mol. The Hall–Kier alpha value is -0.990. The largest absolute Gasteiger partial charge is 0.310 e. The summed E-state index contributed by atoms with van der Waals surface area (Å²) in [4.78, 5) is 0. The molecular weight excluding hydrogens is 242 g/mol. The Balaban J connectivity index is 2.41. The van der Waals surface area contributed by atoms with E-state index in [1.165, 1.54) is 0 Å². The molecular formula is C9H19N5O2S. The lowest BCUT2D eigenvalue weighted by atomic mass is 10.1. The molecule has 0 amide bonds. The predicted octanol–water partition coefficient (Wildman–Crippen LogP) is -0.589. The summed E-state index contributed by atoms with van der Waals surface area (Å²) in [6.45, 7) is 6.87. The number of hydrogen-bond acceptors (Lipinski definition) is 5. The molecule has 0 unspecified atom stereocenters. The normalized spacial score (nSPS) is 12.9. The van der Waals surface area contributed by atoms with Crippen LogP contribution in [0.1, 0.15) is 26.5 Å². The first-order valence-electron chi connectivity index (χ1n) is 5.31. The highest BCUT2D eigenvalue weighted by Crippen LogP contribution is 2.11. The molecule has 0 atom stereocenters. The van der Waals surface area contributed by atoms with Crippen molar-refractivity contribution in [2.75, 3.05) is 12.3 Å². The highest BCUT2D eigenvalue weighted by Gasteiger charge is 2.14. The van der Waals surface area contributed by atoms with Gasteiger partial charge in [-0.3, -0.25) is 0 Å². The Morgan fingerprint density at radius 1 is 1.47 bits per heavy atom. The average Bonchev–Trinajstić information content (AvgIpc) is 2.58. The van der Waals surface area contributed by atoms with Gasteiger partial charge in [0, 0.05) is 13.1 Å². The van der Waals surface area contributed by atoms with E-state index < -0.39 is 10.0 Å². The van der Waals surface area contributed by atoms with E-state index in [1.54, 1.807) is 4.68 Å². The Morgan fingerprint density at radius 3 is 2.59 bits per heavy atom. The van der Waals surface area contributed by atoms with Crippen LogP contribution in [0.3, 0.4) is 0 Å². The van der Waals surface area contributed by atoms with Crippen molar-refractivity contribution in [1.82, 2.24) is 20.3 Å². The molecule has 0 aromatic carbocycles. The number of aromatic nitrogens is 3. The fourth-order valence-electron chi connectivity index (χ4n) is 1.14. The van der Waals surface area contributed by atoms with E-state index in [0.717, 1.165) is 5.69 Å². The molecule has 0 bridgehead atoms. The smallest absolute Gasteiger partial charge is 0.210 e. The molecule has 1 heterocycles. The fourth-order valence-corrected chi connectivity index (χ4v) is 1.57. The molecule has 1 aromatic heterocycles. The van der Waals surface area contributed by atoms with Crippen molar-refractivity contribution in [1.29, 1.82) is 0 Å². The third-order valence-electron chi connectivity index (χ3n) is 2.10. The summed E-state index contributed by atoms with van der Waals surface area (Å²) in [5.74, 6) is -0.0829. The van der Waals surface area contributed by atoms with E-state index in [1.807, 2.05) is 27.0 Å². The van der Waals surface area contributed by atoms with Gasteiger partial charge in [-0.15, -0.1) is 5.10 Å². The quantitative estimate of drug-likeness (QED) is 0.690. The molecule has 1 aromatic rings. The number of nitrogens with zero attached hydrogens (tertiary/aromatic N) is 3. The monoisotopic (exact) mass is 261 g/mol. The van der Waals surface area contributed by atoms with Gasteiger partial charge in [-0.25, -0.2) is 18.2 Å². The number of primary sulfonamides is 1. The van der Waals surface area contributed by atoms with Crippen molar-refractivity contribution in [3.05, 3.63) is 11.9 Å². The third kappa shape index (κ3) is 5.24. The van der Waals surface area contributed by atoms with E-state index >= 15 is 0 Å². The zero-order chi connectivity index (χ0) is 13.1. The van der Waals surface area contributed by atoms with Crippen LogP contribution in [-0.2, 0) is 22.1 Å². The Kier molecular flexibility index (Phi) is 4.23. The van der Waals surface area contributed by atoms with Gasteiger partial charge in [0.2, 0.25) is 10.0 Å². The second kappa shape index (κ2) is 5.11. The van der Waals surface area contributed by atoms with Gasteiger partial charge in [-0.2, -0.15) is 0 Å². The molecule has 0 radical (unpaired) electrons. The molecule has 0 saturated heterocycles. The number of nitrogens with two attached hydrogens (primary N) is 1. The van der Waals surface area contributed by atoms with Crippen molar-refractivity contribution in [2.45, 2.75) is 32.9 Å². The van der Waals surface area contributed by atoms with Crippen molar-refractivity contribution < 1.29 is 8.42 Å². The van der Waals surface area contributed by atoms with Crippen LogP contribution in [0.5, 0.6) is 0 Å². The van der Waals surface area contributed by atoms with E-state index in [-0.39, 0.29) is 11.3 Å². The van der Waals surface area contributed by atoms with Crippen LogP contribution in [0.4, 0.5) is 0 Å². The van der Waals surface area contributed by atoms with E-state index in [4.69, 9.17) is 5.14 Å². The van der Waals surface area contributed by atoms with Crippen LogP contribution in [0.25, 0.3) is 0 Å². The summed E-state index contributed by atoms with van der Waals surface area (Å²) >= 11 is 0. The standard InChI is InChI=1S/C9H19N5O2S/c1-9(2,3)14-7-8(12-13-14)6-11-4-5-17(10,15)16/h7,11H,4-6H2,1-3H3,(H2,10,15,16). The van der Waals surface area contributed by atoms with Crippen molar-refractivity contribution in [2.24, 2.45) is 5.14 Å². The molecule has 0 aliphatic carbocycles. The highest BCUT2D eigenvalue weighted by molar-refractivity contribution is 7.89. The molecule has 8 heteroatoms. The summed E-state index contributed by atoms with van der Waals surface area (Å²) in [7, 11) is -3.40. The van der Waals surface area contributed by atoms with Crippen molar-refractivity contribution in [3.8, 4) is 0 Å². The minimum atomic E-state index is -3.40. The summed E-state index contributed by atoms with van der Waals surface area (Å²) in [6.07, 6.45) is 1.84. The topological polar surface area (TPSA) is 103 Å². The van der Waals surface area contributed by atoms with Crippen LogP contribution < -0.4 is 10.5 Å². The van der Waals surface area contributed by atoms with Gasteiger partial charge in [0.25, 0.3) is 0 Å². The van der Waals surface area contributed by atoms with Gasteiger partial charge in [0.1, 0.15) is 0 Å². The van der Waals surface area contributed by atoms with Gasteiger partial charge in [0.05, 0.1) is 23.2 Å². The molecule has 1 rings (SSSR count). The van der Waals surface area contributed by atoms with Crippen LogP contribution in [0.15, 0.2) is 6.20 Å². The summed E-state index contributed by atoms with van der Waals surface area (Å²) in [6, 6.07) is 0. The number of rotatable bonds is 5. The minimum Gasteiger partial charge on any atom is -0.310 e. The zero-order valence-corrected chi connectivity index (χ0v) is 11.2. The van der Waals surface area contributed by atoms with Gasteiger partial charge in [-0.1, -0.05) is 5.21 Å². The Bertz CT molecular complexity index is 460. The molecule has 0 fully saturated rings. The van der Waals surface area contributed by atoms with Gasteiger partial charge >= 0.3 is 0 Å². The molecule has 17 heavy (non-hydrogen) atoms. The maximum Gasteiger partial charge on any atom is 0.210 e. The summed E-state index contributed by atoms with van der Waals surface area (Å²) in [5.41, 5.74) is 0.667. The van der Waals surface area contributed by atoms with E-state index in [9.17, 15) is 8.42 Å². The third-order valence-corrected chi connectivity index (χ3v) is 2.87. The number of sulfonamides is 1. The lowest BCUT2D eigenvalue weighted by molar-refractivity contribution is 0.347. The molecule has 7 nitrogen and oxygen atoms in total. The van der Waals surface area contributed by atoms with Crippen LogP contribution in [-0.4, -0.2) is 35.7 Å². The molecule has 0 aliphatic heterocycles. The first-order valence-corrected chi connectivity index (χ1v) is 7.03. The van der Waals surface area contributed by atoms with Crippen molar-refractivity contribution >= 4 is 10.0 Å². The number of nitrogens with one attached hydrogen (secondary N) is 1. The van der Waals surface area contributed by atoms with Gasteiger partial charge in [0.15, 0.2) is 0 Å². The molecule has 98 valence electrons. The Morgan fingerprint density at radius 2 is 2.12 bits per heavy atom. The predicted molar refractivity (Wildman–Crippen MR) is 64.7 cm³/mol. The number of hydrogen-bond donors (Lipinski definition) is 2. The molecule has 0 saturated carbocycles. The van der Waals surface area contributed by atoms with Crippen LogP contribution >= 0.6 is 0 Å². The van der Waals surface area contributed by atoms with Gasteiger partial charge in [-0.05, 0) is 20.8 Å². The second-order valence-corrected chi connectivity index (χ2v) is 6.60. The second-order valence-electron chi connectivity index (χ2n) is 4.87. The first-order chi connectivity index (χ1) is 7.68. The van der Waals surface area contributed by atoms with Crippen LogP contribution in [0, 0.1) is 0 Å². The minimum absolute atomic E-state index is 0.0829. The lowest BCUT2D eigenvalue weighted by Gasteiger charge is -2.17. The highest BCUT2D eigenvalue weighted by atomic mass is 32.2. The maximum atomic E-state index is 10.7. The Labute approximate surface area is 101 Å². The van der Waals surface area contributed by atoms with Crippen LogP contribution in [0.2, 0.25) is 0 Å². The van der Waals surface area contributed by atoms with E-state index in [2.05, 4.69) is 15.6 Å². The maximum absolute atomic E-state index is 10.7. The van der Waals surface area contributed by atoms with E-state index in [0.29, 0.717) is 13.1 Å². The molecule has 3 N–H and O–H groups in total.